The number of aromatic nitrogens is 4. The van der Waals surface area contributed by atoms with Gasteiger partial charge in [-0.1, -0.05) is 0 Å². The number of fused-ring (bicyclic) bond motifs is 1. The first-order chi connectivity index (χ1) is 16.4. The van der Waals surface area contributed by atoms with Gasteiger partial charge in [0.1, 0.15) is 5.75 Å². The predicted octanol–water partition coefficient (Wildman–Crippen LogP) is 3.82. The number of nitrogens with zero attached hydrogens (tertiary/aromatic N) is 6. The van der Waals surface area contributed by atoms with Crippen molar-refractivity contribution in [2.24, 2.45) is 7.05 Å². The highest BCUT2D eigenvalue weighted by Crippen LogP contribution is 2.38. The Balaban J connectivity index is 1.66. The van der Waals surface area contributed by atoms with Crippen molar-refractivity contribution in [2.75, 3.05) is 63.9 Å². The number of hydrogen-bond acceptors (Lipinski definition) is 8. The molecule has 0 atom stereocenters. The maximum absolute atomic E-state index is 5.71. The maximum atomic E-state index is 5.71. The fourth-order valence-electron chi connectivity index (χ4n) is 3.91. The normalized spacial score (nSPS) is 11.1. The van der Waals surface area contributed by atoms with Crippen LogP contribution in [0.4, 0.5) is 23.0 Å². The molecule has 9 heteroatoms. The highest BCUT2D eigenvalue weighted by molar-refractivity contribution is 5.92. The molecule has 4 rings (SSSR count). The molecule has 4 aromatic rings. The van der Waals surface area contributed by atoms with E-state index in [2.05, 4.69) is 56.1 Å². The van der Waals surface area contributed by atoms with Gasteiger partial charge >= 0.3 is 0 Å². The summed E-state index contributed by atoms with van der Waals surface area (Å²) in [5, 5.41) is 6.64. The second-order valence-electron chi connectivity index (χ2n) is 8.46. The van der Waals surface area contributed by atoms with Gasteiger partial charge < -0.3 is 29.7 Å². The zero-order valence-electron chi connectivity index (χ0n) is 20.6. The number of anilines is 4. The number of pyridine rings is 1. The lowest BCUT2D eigenvalue weighted by atomic mass is 10.2. The van der Waals surface area contributed by atoms with E-state index >= 15 is 0 Å². The topological polar surface area (TPSA) is 83.4 Å². The van der Waals surface area contributed by atoms with Gasteiger partial charge in [0.25, 0.3) is 0 Å². The van der Waals surface area contributed by atoms with E-state index in [1.54, 1.807) is 19.5 Å². The summed E-state index contributed by atoms with van der Waals surface area (Å²) in [6, 6.07) is 9.94. The molecule has 0 spiro atoms. The predicted molar refractivity (Wildman–Crippen MR) is 139 cm³/mol. The molecule has 0 aliphatic heterocycles. The molecule has 0 unspecified atom stereocenters. The van der Waals surface area contributed by atoms with E-state index in [-0.39, 0.29) is 0 Å². The maximum Gasteiger partial charge on any atom is 0.227 e. The summed E-state index contributed by atoms with van der Waals surface area (Å²) in [5.74, 6) is 1.20. The average molecular weight is 461 g/mol. The Morgan fingerprint density at radius 1 is 1.03 bits per heavy atom. The van der Waals surface area contributed by atoms with Crippen molar-refractivity contribution in [1.82, 2.24) is 24.4 Å². The Hall–Kier alpha value is -3.85. The number of hydrogen-bond donors (Lipinski definition) is 2. The van der Waals surface area contributed by atoms with E-state index in [1.807, 2.05) is 50.6 Å². The molecule has 0 radical (unpaired) electrons. The van der Waals surface area contributed by atoms with Gasteiger partial charge in [-0.25, -0.2) is 9.97 Å². The summed E-state index contributed by atoms with van der Waals surface area (Å²) in [6.07, 6.45) is 5.59. The number of ether oxygens (including phenoxy) is 1. The van der Waals surface area contributed by atoms with Crippen LogP contribution in [0.3, 0.4) is 0 Å². The molecule has 3 heterocycles. The molecule has 0 saturated carbocycles. The number of likely N-dealkylation sites (N-methyl/N-ethyl adjacent to an activating group) is 2. The van der Waals surface area contributed by atoms with Crippen molar-refractivity contribution in [1.29, 1.82) is 0 Å². The molecule has 3 aromatic heterocycles. The summed E-state index contributed by atoms with van der Waals surface area (Å²) in [5.41, 5.74) is 6.56. The summed E-state index contributed by atoms with van der Waals surface area (Å²) in [4.78, 5) is 18.1. The van der Waals surface area contributed by atoms with Gasteiger partial charge in [0.05, 0.1) is 40.9 Å². The minimum absolute atomic E-state index is 0.486. The van der Waals surface area contributed by atoms with Gasteiger partial charge in [-0.2, -0.15) is 0 Å². The molecule has 9 nitrogen and oxygen atoms in total. The third-order valence-corrected chi connectivity index (χ3v) is 5.80. The molecule has 0 aliphatic rings. The Morgan fingerprint density at radius 3 is 2.59 bits per heavy atom. The molecular weight excluding hydrogens is 428 g/mol. The Bertz CT molecular complexity index is 1280. The van der Waals surface area contributed by atoms with Crippen LogP contribution < -0.4 is 20.3 Å². The SMILES string of the molecule is CNc1cc(Nc2nccc(-c3cn(C)c4cccnc34)n2)c(OC)cc1N(C)CCN(C)C. The quantitative estimate of drug-likeness (QED) is 0.390. The second-order valence-corrected chi connectivity index (χ2v) is 8.46. The molecule has 0 bridgehead atoms. The number of methoxy groups -OCH3 is 1. The molecule has 0 amide bonds. The minimum Gasteiger partial charge on any atom is -0.494 e. The molecule has 0 fully saturated rings. The largest absolute Gasteiger partial charge is 0.494 e. The number of nitrogens with one attached hydrogen (secondary N) is 2. The van der Waals surface area contributed by atoms with E-state index in [9.17, 15) is 0 Å². The molecular formula is C25H32N8O. The van der Waals surface area contributed by atoms with Crippen molar-refractivity contribution in [2.45, 2.75) is 0 Å². The number of rotatable bonds is 9. The average Bonchev–Trinajstić information content (AvgIpc) is 3.19. The van der Waals surface area contributed by atoms with Gasteiger partial charge in [0.2, 0.25) is 5.95 Å². The lowest BCUT2D eigenvalue weighted by Crippen LogP contribution is -2.29. The van der Waals surface area contributed by atoms with Crippen LogP contribution in [0.5, 0.6) is 5.75 Å². The third kappa shape index (κ3) is 4.74. The standard InChI is InChI=1S/C25H32N8O/c1-26-19-14-20(23(34-6)15-22(19)32(4)13-12-31(2)3)30-25-28-11-9-18(29-25)17-16-33(5)21-8-7-10-27-24(17)21/h7-11,14-16,26H,12-13H2,1-6H3,(H,28,29,30). The lowest BCUT2D eigenvalue weighted by Gasteiger charge is -2.25. The summed E-state index contributed by atoms with van der Waals surface area (Å²) in [6.45, 7) is 1.84. The molecule has 34 heavy (non-hydrogen) atoms. The monoisotopic (exact) mass is 460 g/mol. The van der Waals surface area contributed by atoms with Crippen molar-refractivity contribution in [3.05, 3.63) is 48.9 Å². The summed E-state index contributed by atoms with van der Waals surface area (Å²) >= 11 is 0. The number of aryl methyl sites for hydroxylation is 1. The van der Waals surface area contributed by atoms with Crippen LogP contribution in [0.15, 0.2) is 48.9 Å². The van der Waals surface area contributed by atoms with Crippen LogP contribution >= 0.6 is 0 Å². The van der Waals surface area contributed by atoms with E-state index in [0.717, 1.165) is 52.4 Å². The van der Waals surface area contributed by atoms with Crippen LogP contribution in [0.1, 0.15) is 0 Å². The molecule has 2 N–H and O–H groups in total. The minimum atomic E-state index is 0.486. The van der Waals surface area contributed by atoms with Crippen LogP contribution in [-0.2, 0) is 7.05 Å². The fraction of sp³-hybridized carbons (Fsp3) is 0.320. The van der Waals surface area contributed by atoms with Crippen molar-refractivity contribution in [3.63, 3.8) is 0 Å². The van der Waals surface area contributed by atoms with Gasteiger partial charge in [-0.3, -0.25) is 4.98 Å². The first-order valence-corrected chi connectivity index (χ1v) is 11.2. The van der Waals surface area contributed by atoms with Gasteiger partial charge in [0, 0.05) is 64.5 Å². The molecule has 178 valence electrons. The van der Waals surface area contributed by atoms with E-state index < -0.39 is 0 Å². The first kappa shape index (κ1) is 23.3. The summed E-state index contributed by atoms with van der Waals surface area (Å²) < 4.78 is 7.77. The molecule has 0 saturated heterocycles. The smallest absolute Gasteiger partial charge is 0.227 e. The van der Waals surface area contributed by atoms with Crippen molar-refractivity contribution in [3.8, 4) is 17.0 Å². The Kier molecular flexibility index (Phi) is 6.83. The highest BCUT2D eigenvalue weighted by Gasteiger charge is 2.16. The van der Waals surface area contributed by atoms with E-state index in [1.165, 1.54) is 0 Å². The Morgan fingerprint density at radius 2 is 1.85 bits per heavy atom. The van der Waals surface area contributed by atoms with E-state index in [0.29, 0.717) is 11.7 Å². The molecule has 0 aliphatic carbocycles. The van der Waals surface area contributed by atoms with Crippen LogP contribution in [0.25, 0.3) is 22.3 Å². The summed E-state index contributed by atoms with van der Waals surface area (Å²) in [7, 11) is 11.8. The van der Waals surface area contributed by atoms with Crippen molar-refractivity contribution >= 4 is 34.0 Å². The highest BCUT2D eigenvalue weighted by atomic mass is 16.5. The van der Waals surface area contributed by atoms with E-state index in [4.69, 9.17) is 9.72 Å². The second kappa shape index (κ2) is 9.96. The first-order valence-electron chi connectivity index (χ1n) is 11.2. The molecule has 1 aromatic carbocycles. The zero-order chi connectivity index (χ0) is 24.2. The zero-order valence-corrected chi connectivity index (χ0v) is 20.6. The van der Waals surface area contributed by atoms with Crippen LogP contribution in [-0.4, -0.2) is 72.8 Å². The van der Waals surface area contributed by atoms with Crippen molar-refractivity contribution < 1.29 is 4.74 Å². The third-order valence-electron chi connectivity index (χ3n) is 5.80. The van der Waals surface area contributed by atoms with Gasteiger partial charge in [-0.15, -0.1) is 0 Å². The van der Waals surface area contributed by atoms with Crippen LogP contribution in [0, 0.1) is 0 Å². The lowest BCUT2D eigenvalue weighted by molar-refractivity contribution is 0.413. The Labute approximate surface area is 200 Å². The van der Waals surface area contributed by atoms with Gasteiger partial charge in [0.15, 0.2) is 0 Å². The number of benzene rings is 1. The fourth-order valence-corrected chi connectivity index (χ4v) is 3.91. The van der Waals surface area contributed by atoms with Crippen LogP contribution in [0.2, 0.25) is 0 Å². The van der Waals surface area contributed by atoms with Gasteiger partial charge in [-0.05, 0) is 38.4 Å².